The van der Waals surface area contributed by atoms with Crippen molar-refractivity contribution in [2.24, 2.45) is 0 Å². The zero-order valence-electron chi connectivity index (χ0n) is 9.10. The molecule has 2 N–H and O–H groups in total. The summed E-state index contributed by atoms with van der Waals surface area (Å²) >= 11 is 0. The molecule has 0 aromatic heterocycles. The van der Waals surface area contributed by atoms with E-state index in [0.717, 1.165) is 11.0 Å². The molecule has 0 aromatic carbocycles. The molecule has 88 valence electrons. The number of nitrogens with zero attached hydrogens (tertiary/aromatic N) is 1. The second-order valence-corrected chi connectivity index (χ2v) is 4.66. The Morgan fingerprint density at radius 1 is 1.29 bits per heavy atom. The normalized spacial score (nSPS) is 11.9. The zero-order chi connectivity index (χ0) is 11.8. The lowest BCUT2D eigenvalue weighted by molar-refractivity contribution is -0.870. The quantitative estimate of drug-likeness (QED) is 0.503. The van der Waals surface area contributed by atoms with Crippen LogP contribution in [0, 0.1) is 0 Å². The predicted molar refractivity (Wildman–Crippen MR) is 53.2 cm³/mol. The molecular weight excluding hydrogens is 210 g/mol. The van der Waals surface area contributed by atoms with Crippen molar-refractivity contribution in [3.8, 4) is 0 Å². The van der Waals surface area contributed by atoms with Gasteiger partial charge in [-0.2, -0.15) is 8.42 Å². The van der Waals surface area contributed by atoms with Crippen molar-refractivity contribution in [2.75, 3.05) is 40.9 Å². The number of aliphatic hydroxyl groups excluding tert-OH is 1. The SMILES string of the molecule is CCOS(=O)(=O)O.C[N+](C)(C)CCO. The molecule has 0 aliphatic rings. The number of rotatable bonds is 4. The van der Waals surface area contributed by atoms with E-state index in [-0.39, 0.29) is 13.2 Å². The van der Waals surface area contributed by atoms with Crippen LogP contribution < -0.4 is 0 Å². The topological polar surface area (TPSA) is 83.8 Å². The van der Waals surface area contributed by atoms with Crippen molar-refractivity contribution < 1.29 is 26.7 Å². The van der Waals surface area contributed by atoms with E-state index in [9.17, 15) is 8.42 Å². The monoisotopic (exact) mass is 230 g/mol. The molecular formula is C7H20NO5S+. The molecule has 0 heterocycles. The second-order valence-electron chi connectivity index (χ2n) is 3.57. The van der Waals surface area contributed by atoms with Crippen LogP contribution >= 0.6 is 0 Å². The van der Waals surface area contributed by atoms with Crippen LogP contribution in [0.4, 0.5) is 0 Å². The summed E-state index contributed by atoms with van der Waals surface area (Å²) in [4.78, 5) is 0. The van der Waals surface area contributed by atoms with Crippen LogP contribution in [0.2, 0.25) is 0 Å². The van der Waals surface area contributed by atoms with E-state index in [1.54, 1.807) is 0 Å². The van der Waals surface area contributed by atoms with Crippen molar-refractivity contribution in [3.05, 3.63) is 0 Å². The lowest BCUT2D eigenvalue weighted by atomic mass is 10.5. The van der Waals surface area contributed by atoms with Gasteiger partial charge in [0.2, 0.25) is 0 Å². The van der Waals surface area contributed by atoms with Gasteiger partial charge in [0.05, 0.1) is 34.4 Å². The van der Waals surface area contributed by atoms with E-state index in [1.165, 1.54) is 6.92 Å². The highest BCUT2D eigenvalue weighted by Crippen LogP contribution is 1.84. The molecule has 7 heteroatoms. The molecule has 0 aliphatic carbocycles. The molecule has 0 fully saturated rings. The van der Waals surface area contributed by atoms with E-state index in [0.29, 0.717) is 0 Å². The maximum absolute atomic E-state index is 9.56. The highest BCUT2D eigenvalue weighted by molar-refractivity contribution is 7.80. The van der Waals surface area contributed by atoms with Crippen LogP contribution in [0.15, 0.2) is 0 Å². The first kappa shape index (κ1) is 16.2. The number of likely N-dealkylation sites (N-methyl/N-ethyl adjacent to an activating group) is 1. The van der Waals surface area contributed by atoms with Gasteiger partial charge >= 0.3 is 10.4 Å². The lowest BCUT2D eigenvalue weighted by Crippen LogP contribution is -2.36. The first-order chi connectivity index (χ1) is 6.12. The molecule has 0 saturated heterocycles. The zero-order valence-corrected chi connectivity index (χ0v) is 9.91. The average molecular weight is 230 g/mol. The van der Waals surface area contributed by atoms with Gasteiger partial charge in [-0.05, 0) is 6.92 Å². The van der Waals surface area contributed by atoms with E-state index in [4.69, 9.17) is 9.66 Å². The summed E-state index contributed by atoms with van der Waals surface area (Å²) in [7, 11) is 1.98. The minimum atomic E-state index is -4.17. The summed E-state index contributed by atoms with van der Waals surface area (Å²) in [5, 5.41) is 8.39. The first-order valence-corrected chi connectivity index (χ1v) is 5.52. The lowest BCUT2D eigenvalue weighted by Gasteiger charge is -2.21. The van der Waals surface area contributed by atoms with E-state index in [1.807, 2.05) is 0 Å². The Bertz CT molecular complexity index is 219. The third kappa shape index (κ3) is 22.6. The summed E-state index contributed by atoms with van der Waals surface area (Å²) in [5.41, 5.74) is 0. The van der Waals surface area contributed by atoms with Crippen LogP contribution in [0.5, 0.6) is 0 Å². The van der Waals surface area contributed by atoms with Gasteiger partial charge in [-0.25, -0.2) is 4.18 Å². The Labute approximate surface area is 85.6 Å². The third-order valence-corrected chi connectivity index (χ3v) is 1.57. The molecule has 0 rings (SSSR count). The molecule has 6 nitrogen and oxygen atoms in total. The number of hydrogen-bond acceptors (Lipinski definition) is 4. The third-order valence-electron chi connectivity index (χ3n) is 1.04. The minimum absolute atomic E-state index is 0.0289. The van der Waals surface area contributed by atoms with Crippen molar-refractivity contribution in [1.29, 1.82) is 0 Å². The van der Waals surface area contributed by atoms with Crippen LogP contribution in [-0.2, 0) is 14.6 Å². The van der Waals surface area contributed by atoms with Gasteiger partial charge in [-0.3, -0.25) is 4.55 Å². The first-order valence-electron chi connectivity index (χ1n) is 4.15. The van der Waals surface area contributed by atoms with Crippen LogP contribution in [0.25, 0.3) is 0 Å². The van der Waals surface area contributed by atoms with Gasteiger partial charge in [0, 0.05) is 0 Å². The second kappa shape index (κ2) is 7.13. The van der Waals surface area contributed by atoms with Crippen LogP contribution in [0.3, 0.4) is 0 Å². The van der Waals surface area contributed by atoms with Crippen LogP contribution in [-0.4, -0.2) is 63.5 Å². The van der Waals surface area contributed by atoms with Gasteiger partial charge in [0.1, 0.15) is 6.54 Å². The summed E-state index contributed by atoms with van der Waals surface area (Å²) in [6, 6.07) is 0. The van der Waals surface area contributed by atoms with Gasteiger partial charge in [-0.1, -0.05) is 0 Å². The number of hydrogen-bond donors (Lipinski definition) is 2. The van der Waals surface area contributed by atoms with Gasteiger partial charge in [0.25, 0.3) is 0 Å². The molecule has 0 aliphatic heterocycles. The molecule has 0 bridgehead atoms. The predicted octanol–water partition coefficient (Wildman–Crippen LogP) is -0.489. The molecule has 0 amide bonds. The van der Waals surface area contributed by atoms with Crippen molar-refractivity contribution in [1.82, 2.24) is 0 Å². The van der Waals surface area contributed by atoms with Crippen LogP contribution in [0.1, 0.15) is 6.92 Å². The number of quaternary nitrogens is 1. The highest BCUT2D eigenvalue weighted by atomic mass is 32.3. The van der Waals surface area contributed by atoms with E-state index < -0.39 is 10.4 Å². The standard InChI is InChI=1S/C5H14NO.C2H6O4S/c1-6(2,3)4-5-7;1-2-6-7(3,4)5/h7H,4-5H2,1-3H3;2H2,1H3,(H,3,4,5)/q+1;. The van der Waals surface area contributed by atoms with Gasteiger partial charge in [0.15, 0.2) is 0 Å². The average Bonchev–Trinajstić information content (AvgIpc) is 1.81. The Morgan fingerprint density at radius 3 is 1.71 bits per heavy atom. The van der Waals surface area contributed by atoms with E-state index >= 15 is 0 Å². The highest BCUT2D eigenvalue weighted by Gasteiger charge is 2.02. The molecule has 14 heavy (non-hydrogen) atoms. The number of aliphatic hydroxyl groups is 1. The van der Waals surface area contributed by atoms with Crippen molar-refractivity contribution in [3.63, 3.8) is 0 Å². The summed E-state index contributed by atoms with van der Waals surface area (Å²) in [5.74, 6) is 0. The smallest absolute Gasteiger partial charge is 0.391 e. The van der Waals surface area contributed by atoms with Gasteiger partial charge < -0.3 is 9.59 Å². The largest absolute Gasteiger partial charge is 0.397 e. The molecule has 0 unspecified atom stereocenters. The fourth-order valence-electron chi connectivity index (χ4n) is 0.449. The maximum Gasteiger partial charge on any atom is 0.397 e. The molecule has 0 atom stereocenters. The van der Waals surface area contributed by atoms with Gasteiger partial charge in [-0.15, -0.1) is 0 Å². The van der Waals surface area contributed by atoms with E-state index in [2.05, 4.69) is 25.3 Å². The Kier molecular flexibility index (Phi) is 8.27. The molecule has 0 radical (unpaired) electrons. The summed E-state index contributed by atoms with van der Waals surface area (Å²) < 4.78 is 31.5. The molecule has 0 saturated carbocycles. The molecule has 0 aromatic rings. The Hall–Kier alpha value is -0.210. The molecule has 0 spiro atoms. The van der Waals surface area contributed by atoms with Crippen molar-refractivity contribution in [2.45, 2.75) is 6.92 Å². The summed E-state index contributed by atoms with van der Waals surface area (Å²) in [6.07, 6.45) is 0. The maximum atomic E-state index is 9.56. The summed E-state index contributed by atoms with van der Waals surface area (Å²) in [6.45, 7) is 2.55. The van der Waals surface area contributed by atoms with Crippen molar-refractivity contribution >= 4 is 10.4 Å². The Morgan fingerprint density at radius 2 is 1.71 bits per heavy atom. The fraction of sp³-hybridized carbons (Fsp3) is 1.00. The fourth-order valence-corrected chi connectivity index (χ4v) is 0.747. The Balaban J connectivity index is 0. The minimum Gasteiger partial charge on any atom is -0.391 e.